The van der Waals surface area contributed by atoms with Gasteiger partial charge in [0.2, 0.25) is 0 Å². The van der Waals surface area contributed by atoms with Crippen LogP contribution in [0.15, 0.2) is 0 Å². The second kappa shape index (κ2) is 8.12. The average Bonchev–Trinajstić information content (AvgIpc) is 3.00. The molecule has 29 heavy (non-hydrogen) atoms. The fraction of sp³-hybridized carbons (Fsp3) is 1.00. The zero-order chi connectivity index (χ0) is 21.0. The molecule has 0 spiro atoms. The van der Waals surface area contributed by atoms with Crippen LogP contribution in [0.4, 0.5) is 0 Å². The predicted octanol–water partition coefficient (Wildman–Crippen LogP) is 6.44. The van der Waals surface area contributed by atoms with Crippen LogP contribution in [0, 0.1) is 52.3 Å². The molecule has 4 rings (SSSR count). The van der Waals surface area contributed by atoms with E-state index in [1.165, 1.54) is 44.9 Å². The maximum absolute atomic E-state index is 11.2. The molecule has 0 radical (unpaired) electrons. The lowest BCUT2D eigenvalue weighted by Crippen LogP contribution is -2.58. The lowest BCUT2D eigenvalue weighted by atomic mass is 9.44. The van der Waals surface area contributed by atoms with E-state index in [2.05, 4.69) is 34.6 Å². The van der Waals surface area contributed by atoms with Crippen LogP contribution >= 0.6 is 0 Å². The zero-order valence-corrected chi connectivity index (χ0v) is 19.9. The van der Waals surface area contributed by atoms with E-state index in [1.807, 2.05) is 0 Å². The number of hydrogen-bond acceptors (Lipinski definition) is 2. The standard InChI is InChI=1S/C27H48O2/c1-17(2)7-6-8-18(3)21-9-10-22-20-16-25(29)24-15-19(28)11-13-27(24,5)23(20)12-14-26(21,22)4/h17-25,28-29H,6-16H2,1-5H3/t18-,19+,20+,21?,22+,23+,24-,25-,26-,27-/m1/s1. The Bertz CT molecular complexity index is 573. The van der Waals surface area contributed by atoms with Crippen LogP contribution in [-0.4, -0.2) is 22.4 Å². The lowest BCUT2D eigenvalue weighted by molar-refractivity contribution is -0.172. The SMILES string of the molecule is CC(C)CCC[C@@H](C)C1CC[C@H]2[C@@H]3C[C@@H](O)[C@H]4C[C@@H](O)CC[C@]4(C)[C@H]3CC[C@]12C. The molecule has 4 aliphatic carbocycles. The largest absolute Gasteiger partial charge is 0.393 e. The van der Waals surface area contributed by atoms with Gasteiger partial charge in [-0.1, -0.05) is 53.9 Å². The fourth-order valence-corrected chi connectivity index (χ4v) is 9.30. The highest BCUT2D eigenvalue weighted by atomic mass is 16.3. The van der Waals surface area contributed by atoms with Crippen molar-refractivity contribution in [2.45, 2.75) is 117 Å². The van der Waals surface area contributed by atoms with E-state index in [1.54, 1.807) is 0 Å². The molecule has 2 N–H and O–H groups in total. The maximum atomic E-state index is 11.2. The molecule has 0 bridgehead atoms. The third kappa shape index (κ3) is 3.73. The lowest BCUT2D eigenvalue weighted by Gasteiger charge is -2.62. The summed E-state index contributed by atoms with van der Waals surface area (Å²) < 4.78 is 0. The van der Waals surface area contributed by atoms with E-state index in [0.717, 1.165) is 55.3 Å². The summed E-state index contributed by atoms with van der Waals surface area (Å²) in [5.74, 6) is 5.20. The molecular formula is C27H48O2. The van der Waals surface area contributed by atoms with Crippen molar-refractivity contribution in [3.63, 3.8) is 0 Å². The monoisotopic (exact) mass is 404 g/mol. The van der Waals surface area contributed by atoms with Crippen molar-refractivity contribution < 1.29 is 10.2 Å². The van der Waals surface area contributed by atoms with Gasteiger partial charge in [-0.3, -0.25) is 0 Å². The molecule has 168 valence electrons. The van der Waals surface area contributed by atoms with E-state index >= 15 is 0 Å². The molecule has 2 heteroatoms. The van der Waals surface area contributed by atoms with Gasteiger partial charge in [-0.2, -0.15) is 0 Å². The first kappa shape index (κ1) is 22.1. The summed E-state index contributed by atoms with van der Waals surface area (Å²) in [5.41, 5.74) is 0.749. The van der Waals surface area contributed by atoms with Crippen LogP contribution in [0.25, 0.3) is 0 Å². The van der Waals surface area contributed by atoms with Crippen LogP contribution in [0.5, 0.6) is 0 Å². The molecule has 0 aromatic rings. The van der Waals surface area contributed by atoms with Gasteiger partial charge >= 0.3 is 0 Å². The smallest absolute Gasteiger partial charge is 0.0577 e. The first-order valence-electron chi connectivity index (χ1n) is 13.0. The summed E-state index contributed by atoms with van der Waals surface area (Å²) in [7, 11) is 0. The molecule has 0 aromatic carbocycles. The highest BCUT2D eigenvalue weighted by molar-refractivity contribution is 5.11. The third-order valence-electron chi connectivity index (χ3n) is 10.9. The third-order valence-corrected chi connectivity index (χ3v) is 10.9. The molecule has 0 saturated heterocycles. The molecule has 0 aliphatic heterocycles. The quantitative estimate of drug-likeness (QED) is 0.553. The Labute approximate surface area is 180 Å². The van der Waals surface area contributed by atoms with Crippen LogP contribution in [0.2, 0.25) is 0 Å². The molecule has 4 fully saturated rings. The average molecular weight is 405 g/mol. The van der Waals surface area contributed by atoms with Gasteiger partial charge in [0.25, 0.3) is 0 Å². The molecule has 0 amide bonds. The van der Waals surface area contributed by atoms with E-state index in [4.69, 9.17) is 0 Å². The van der Waals surface area contributed by atoms with E-state index < -0.39 is 0 Å². The van der Waals surface area contributed by atoms with Gasteiger partial charge in [0, 0.05) is 0 Å². The Morgan fingerprint density at radius 3 is 2.21 bits per heavy atom. The number of fused-ring (bicyclic) bond motifs is 5. The van der Waals surface area contributed by atoms with Gasteiger partial charge in [-0.05, 0) is 104 Å². The first-order valence-corrected chi connectivity index (χ1v) is 13.0. The molecule has 2 nitrogen and oxygen atoms in total. The van der Waals surface area contributed by atoms with Crippen molar-refractivity contribution in [1.29, 1.82) is 0 Å². The van der Waals surface area contributed by atoms with Crippen molar-refractivity contribution in [2.75, 3.05) is 0 Å². The van der Waals surface area contributed by atoms with Gasteiger partial charge in [0.1, 0.15) is 0 Å². The molecule has 0 aromatic heterocycles. The van der Waals surface area contributed by atoms with Crippen LogP contribution < -0.4 is 0 Å². The van der Waals surface area contributed by atoms with E-state index in [-0.39, 0.29) is 17.6 Å². The van der Waals surface area contributed by atoms with Crippen molar-refractivity contribution >= 4 is 0 Å². The Morgan fingerprint density at radius 2 is 1.48 bits per heavy atom. The Kier molecular flexibility index (Phi) is 6.19. The van der Waals surface area contributed by atoms with Gasteiger partial charge in [0.15, 0.2) is 0 Å². The second-order valence-corrected chi connectivity index (χ2v) is 12.8. The predicted molar refractivity (Wildman–Crippen MR) is 120 cm³/mol. The summed E-state index contributed by atoms with van der Waals surface area (Å²) in [6, 6.07) is 0. The highest BCUT2D eigenvalue weighted by Crippen LogP contribution is 2.68. The van der Waals surface area contributed by atoms with Crippen molar-refractivity contribution in [2.24, 2.45) is 52.3 Å². The minimum Gasteiger partial charge on any atom is -0.393 e. The number of aliphatic hydroxyl groups is 2. The van der Waals surface area contributed by atoms with Crippen LogP contribution in [-0.2, 0) is 0 Å². The molecule has 10 atom stereocenters. The Morgan fingerprint density at radius 1 is 0.793 bits per heavy atom. The Balaban J connectivity index is 1.50. The molecule has 4 aliphatic rings. The minimum atomic E-state index is -0.193. The zero-order valence-electron chi connectivity index (χ0n) is 19.9. The molecule has 1 unspecified atom stereocenters. The van der Waals surface area contributed by atoms with Gasteiger partial charge in [-0.15, -0.1) is 0 Å². The van der Waals surface area contributed by atoms with Gasteiger partial charge in [0.05, 0.1) is 12.2 Å². The van der Waals surface area contributed by atoms with E-state index in [9.17, 15) is 10.2 Å². The molecule has 4 saturated carbocycles. The summed E-state index contributed by atoms with van der Waals surface area (Å²) in [5, 5.41) is 21.4. The second-order valence-electron chi connectivity index (χ2n) is 12.8. The van der Waals surface area contributed by atoms with Crippen molar-refractivity contribution in [3.05, 3.63) is 0 Å². The van der Waals surface area contributed by atoms with Crippen LogP contribution in [0.3, 0.4) is 0 Å². The van der Waals surface area contributed by atoms with Gasteiger partial charge in [-0.25, -0.2) is 0 Å². The maximum Gasteiger partial charge on any atom is 0.0577 e. The number of hydrogen-bond donors (Lipinski definition) is 2. The highest BCUT2D eigenvalue weighted by Gasteiger charge is 2.62. The summed E-state index contributed by atoms with van der Waals surface area (Å²) in [6.07, 6.45) is 13.3. The Hall–Kier alpha value is -0.0800. The van der Waals surface area contributed by atoms with Crippen molar-refractivity contribution in [3.8, 4) is 0 Å². The summed E-state index contributed by atoms with van der Waals surface area (Å²) in [4.78, 5) is 0. The van der Waals surface area contributed by atoms with Crippen LogP contribution in [0.1, 0.15) is 105 Å². The molecular weight excluding hydrogens is 356 g/mol. The van der Waals surface area contributed by atoms with Gasteiger partial charge < -0.3 is 10.2 Å². The van der Waals surface area contributed by atoms with E-state index in [0.29, 0.717) is 17.3 Å². The molecule has 0 heterocycles. The first-order chi connectivity index (χ1) is 13.7. The summed E-state index contributed by atoms with van der Waals surface area (Å²) in [6.45, 7) is 12.4. The van der Waals surface area contributed by atoms with Crippen molar-refractivity contribution in [1.82, 2.24) is 0 Å². The summed E-state index contributed by atoms with van der Waals surface area (Å²) >= 11 is 0. The normalized spacial score (nSPS) is 50.7. The topological polar surface area (TPSA) is 40.5 Å². The number of aliphatic hydroxyl groups excluding tert-OH is 2. The number of rotatable bonds is 5. The fourth-order valence-electron chi connectivity index (χ4n) is 9.30. The minimum absolute atomic E-state index is 0.185.